The van der Waals surface area contributed by atoms with Gasteiger partial charge >= 0.3 is 65.4 Å². The van der Waals surface area contributed by atoms with Gasteiger partial charge in [-0.3, -0.25) is 0 Å². The van der Waals surface area contributed by atoms with Gasteiger partial charge in [-0.05, 0) is 0 Å². The van der Waals surface area contributed by atoms with Crippen LogP contribution in [0.5, 0.6) is 0 Å². The second-order valence-electron chi connectivity index (χ2n) is 24.5. The van der Waals surface area contributed by atoms with Crippen molar-refractivity contribution < 1.29 is 270 Å². The molecule has 20 N–H and O–H groups in total. The molecule has 602 valence electrons. The molecule has 50 heteroatoms. The van der Waals surface area contributed by atoms with Crippen LogP contribution in [0.4, 0.5) is 0 Å². The Bertz CT molecular complexity index is 2760. The molecule has 21 aliphatic rings. The number of aliphatic hydroxyl groups excluding tert-OH is 14. The first kappa shape index (κ1) is 89.1. The first-order valence-electron chi connectivity index (χ1n) is 31.9. The fourth-order valence-corrected chi connectivity index (χ4v) is 12.5. The maximum Gasteiger partial charge on any atom is 1.00 e. The molecule has 49 nitrogen and oxygen atoms in total. The zero-order valence-electron chi connectivity index (χ0n) is 55.4. The summed E-state index contributed by atoms with van der Waals surface area (Å²) < 4.78 is 121. The summed E-state index contributed by atoms with van der Waals surface area (Å²) in [4.78, 5) is 83.4. The molecule has 0 spiro atoms. The van der Waals surface area contributed by atoms with Gasteiger partial charge in [0.25, 0.3) is 0 Å². The molecule has 21 heterocycles. The molecule has 0 aromatic carbocycles. The zero-order chi connectivity index (χ0) is 77.0. The van der Waals surface area contributed by atoms with Crippen LogP contribution in [0, 0.1) is 0 Å². The maximum absolute atomic E-state index is 12.1. The Labute approximate surface area is 616 Å². The summed E-state index contributed by atoms with van der Waals surface area (Å²) >= 11 is 0. The fraction of sp³-hybridized carbons (Fsp3) is 0.875. The predicted molar refractivity (Wildman–Crippen MR) is 305 cm³/mol. The van der Waals surface area contributed by atoms with E-state index in [0.29, 0.717) is 0 Å². The smallest absolute Gasteiger partial charge is 0.548 e. The minimum absolute atomic E-state index is 0. The van der Waals surface area contributed by atoms with Gasteiger partial charge in [-0.1, -0.05) is 0 Å². The zero-order valence-corrected chi connectivity index (χ0v) is 57.4. The summed E-state index contributed by atoms with van der Waals surface area (Å²) in [6.07, 6.45) is -78.9. The number of hydrogen-bond acceptors (Lipinski definition) is 43. The first-order valence-corrected chi connectivity index (χ1v) is 31.9. The van der Waals surface area contributed by atoms with Crippen molar-refractivity contribution in [1.29, 1.82) is 0 Å². The van der Waals surface area contributed by atoms with Gasteiger partial charge in [-0.2, -0.15) is 0 Å². The van der Waals surface area contributed by atoms with E-state index in [1.165, 1.54) is 0 Å². The van der Waals surface area contributed by atoms with Crippen LogP contribution >= 0.6 is 0 Å². The van der Waals surface area contributed by atoms with Crippen LogP contribution < -0.4 is 34.7 Å². The molecule has 21 fully saturated rings. The van der Waals surface area contributed by atoms with Gasteiger partial charge in [0.2, 0.25) is 0 Å². The second kappa shape index (κ2) is 40.9. The molecule has 21 aliphatic heterocycles. The topological polar surface area (TPSA) is 741 Å². The van der Waals surface area contributed by atoms with Crippen LogP contribution in [0.2, 0.25) is 0 Å². The number of carbonyl (C=O) groups excluding carboxylic acids is 1. The van der Waals surface area contributed by atoms with Gasteiger partial charge < -0.3 is 212 Å². The van der Waals surface area contributed by atoms with Crippen molar-refractivity contribution in [3.63, 3.8) is 0 Å². The molecule has 0 unspecified atom stereocenters. The largest absolute Gasteiger partial charge is 1.00 e. The average molecular weight is 1560 g/mol. The van der Waals surface area contributed by atoms with Crippen LogP contribution in [-0.2, 0) is 133 Å². The van der Waals surface area contributed by atoms with Gasteiger partial charge in [0.05, 0.1) is 58.8 Å². The number of rotatable bonds is 28. The van der Waals surface area contributed by atoms with Crippen LogP contribution in [0.1, 0.15) is 0 Å². The number of aliphatic hydroxyl groups is 14. The standard InChI is InChI=1S/C56H84O49.Na/c57-1-15-42-47(89-12-26(69)70)36(82)54(93-15)104-44-17(3-59)95-56(38(84)49(44)91-14-28(73)74)105-45-18(4-60)94-55(37(83)48(45)90-13-27(71)72)103-43-16(2-58)92-53(35(81)46(43)88-11-25(67)68)101-41-21(7-87-10-24(65)66)97-51(33(79)30(41)76)99-39-19(5-85-8-22(61)62)96-50(32(78)29(39)75)100-40-20(6-86-9-23(63)64)98-52(102-42)34(80)31(40)77;/h15-21,29-60,75-84H,1-14H2,(H,61,62)(H,63,64)(H,65,66)(H,67,68)(H,69,70)(H,71,72)(H,73,74);/q;+1/p-1/t15-,16-,17-,18-,19-,20+,21-,29-,30-,31-,32-,33-,34-,35-,36-,37-,38-,39-,40-,41-,42-,43-,44-,45-,46-,47-,48-,49-,50-,51-,52-,53-,54-,55-,56-;/m1./s1. The van der Waals surface area contributed by atoms with E-state index >= 15 is 0 Å². The number of carboxylic acids is 7. The number of carboxylic acid groups (broad SMARTS) is 7. The third kappa shape index (κ3) is 22.2. The molecule has 0 aromatic heterocycles. The van der Waals surface area contributed by atoms with Gasteiger partial charge in [-0.25, -0.2) is 28.8 Å². The Morgan fingerprint density at radius 3 is 0.642 bits per heavy atom. The summed E-state index contributed by atoms with van der Waals surface area (Å²) in [5, 5.41) is 233. The molecule has 0 saturated carbocycles. The van der Waals surface area contributed by atoms with Crippen molar-refractivity contribution in [2.24, 2.45) is 0 Å². The molecular formula is C56H83NaO49. The van der Waals surface area contributed by atoms with Crippen molar-refractivity contribution in [2.75, 3.05) is 92.5 Å². The van der Waals surface area contributed by atoms with E-state index in [1.54, 1.807) is 0 Å². The van der Waals surface area contributed by atoms with Crippen molar-refractivity contribution >= 4 is 41.8 Å². The SMILES string of the molecule is O=C([O-])CO[C@@H]1[C@@H](O)[C@H]2O[C@H]3[C@H](O)[C@@H](O)[C@@H](O[C@H]4[C@H](O)[C@@H](O)[C@@H](O[C@H]5[C@H](O)[C@@H](O)[C@@H](O[C@H]6[C@H](OCC(=O)O)[C@@H](O)[C@@H](O[C@H]7[C@H](OCC(=O)O)[C@@H](O)[C@@H](O[C@H]8[C@H](OCC(=O)O)[C@@H](O)[C@@H](O[C@@H]1[C@@H](CO)O2)O[C@@H]8CO)O[C@@H]7CO)O[C@@H]6CO)O[C@H]5COCC(=O)O)O[C@@H]4COCC(=O)O)O[C@@H]3COCC(=O)O.[Na+]. The minimum Gasteiger partial charge on any atom is -0.548 e. The van der Waals surface area contributed by atoms with Crippen molar-refractivity contribution in [2.45, 2.75) is 215 Å². The van der Waals surface area contributed by atoms with E-state index in [-0.39, 0.29) is 29.6 Å². The van der Waals surface area contributed by atoms with E-state index in [9.17, 15) is 141 Å². The summed E-state index contributed by atoms with van der Waals surface area (Å²) in [6, 6.07) is 0. The van der Waals surface area contributed by atoms with Gasteiger partial charge in [0, 0.05) is 0 Å². The van der Waals surface area contributed by atoms with E-state index in [4.69, 9.17) is 99.5 Å². The normalized spacial score (nSPS) is 43.1. The van der Waals surface area contributed by atoms with Crippen LogP contribution in [0.3, 0.4) is 0 Å². The quantitative estimate of drug-likeness (QED) is 0.0324. The van der Waals surface area contributed by atoms with Crippen LogP contribution in [0.15, 0.2) is 0 Å². The average Bonchev–Trinajstić information content (AvgIpc) is 0.776. The molecule has 106 heavy (non-hydrogen) atoms. The number of aliphatic carboxylic acids is 7. The number of hydrogen-bond donors (Lipinski definition) is 20. The third-order valence-electron chi connectivity index (χ3n) is 17.3. The molecule has 0 aromatic rings. The van der Waals surface area contributed by atoms with Gasteiger partial charge in [-0.15, -0.1) is 0 Å². The fourth-order valence-electron chi connectivity index (χ4n) is 12.5. The Balaban J connectivity index is 0.0000157. The number of ether oxygens (including phenoxy) is 21. The molecule has 0 aliphatic carbocycles. The second-order valence-corrected chi connectivity index (χ2v) is 24.5. The minimum atomic E-state index is -2.49. The van der Waals surface area contributed by atoms with E-state index in [1.807, 2.05) is 0 Å². The van der Waals surface area contributed by atoms with Gasteiger partial charge in [0.1, 0.15) is 211 Å². The molecule has 0 radical (unpaired) electrons. The van der Waals surface area contributed by atoms with Crippen LogP contribution in [-0.4, -0.2) is 451 Å². The monoisotopic (exact) mass is 1560 g/mol. The van der Waals surface area contributed by atoms with E-state index < -0.39 is 349 Å². The van der Waals surface area contributed by atoms with Gasteiger partial charge in [0.15, 0.2) is 44.0 Å². The molecular weight excluding hydrogens is 1480 g/mol. The predicted octanol–water partition coefficient (Wildman–Crippen LogP) is -18.8. The molecule has 35 atom stereocenters. The van der Waals surface area contributed by atoms with E-state index in [0.717, 1.165) is 0 Å². The summed E-state index contributed by atoms with van der Waals surface area (Å²) in [5.74, 6) is -12.0. The molecule has 21 rings (SSSR count). The molecule has 0 amide bonds. The Hall–Kier alpha value is -4.11. The van der Waals surface area contributed by atoms with Crippen molar-refractivity contribution in [3.05, 3.63) is 0 Å². The Morgan fingerprint density at radius 2 is 0.443 bits per heavy atom. The molecule has 21 saturated heterocycles. The summed E-state index contributed by atoms with van der Waals surface area (Å²) in [5.41, 5.74) is 0. The van der Waals surface area contributed by atoms with E-state index in [2.05, 4.69) is 0 Å². The molecule has 14 bridgehead atoms. The number of carbonyl (C=O) groups is 7. The summed E-state index contributed by atoms with van der Waals surface area (Å²) in [7, 11) is 0. The summed E-state index contributed by atoms with van der Waals surface area (Å²) in [6.45, 7) is -17.0. The Morgan fingerprint density at radius 1 is 0.255 bits per heavy atom. The van der Waals surface area contributed by atoms with Crippen LogP contribution in [0.25, 0.3) is 0 Å². The first-order chi connectivity index (χ1) is 49.8. The van der Waals surface area contributed by atoms with Crippen molar-refractivity contribution in [1.82, 2.24) is 0 Å². The third-order valence-corrected chi connectivity index (χ3v) is 17.3. The Kier molecular flexibility index (Phi) is 34.4. The maximum atomic E-state index is 12.1. The van der Waals surface area contributed by atoms with Crippen molar-refractivity contribution in [3.8, 4) is 0 Å².